The number of hydrogen-bond donors (Lipinski definition) is 1. The molecule has 0 radical (unpaired) electrons. The summed E-state index contributed by atoms with van der Waals surface area (Å²) >= 11 is 1.29. The minimum absolute atomic E-state index is 0.142. The molecule has 0 saturated heterocycles. The van der Waals surface area contributed by atoms with Crippen molar-refractivity contribution < 1.29 is 4.79 Å². The molecule has 0 fully saturated rings. The topological polar surface area (TPSA) is 71.0 Å². The van der Waals surface area contributed by atoms with Gasteiger partial charge in [-0.15, -0.1) is 0 Å². The van der Waals surface area contributed by atoms with E-state index in [-0.39, 0.29) is 5.91 Å². The predicted molar refractivity (Wildman–Crippen MR) is 70.7 cm³/mol. The first kappa shape index (κ1) is 12.8. The maximum absolute atomic E-state index is 11.8. The normalized spacial score (nSPS) is 11.1. The van der Waals surface area contributed by atoms with E-state index in [1.54, 1.807) is 6.20 Å². The van der Waals surface area contributed by atoms with E-state index >= 15 is 0 Å². The molecule has 0 saturated carbocycles. The Hall–Kier alpha value is -1.60. The highest BCUT2D eigenvalue weighted by Gasteiger charge is 2.12. The number of carbonyl (C=O) groups is 1. The third-order valence-electron chi connectivity index (χ3n) is 2.33. The van der Waals surface area contributed by atoms with Crippen molar-refractivity contribution >= 4 is 27.6 Å². The maximum Gasteiger partial charge on any atom is 0.280 e. The second-order valence-corrected chi connectivity index (χ2v) is 5.12. The number of rotatable bonds is 5. The van der Waals surface area contributed by atoms with Crippen LogP contribution in [0.1, 0.15) is 16.2 Å². The molecule has 18 heavy (non-hydrogen) atoms. The van der Waals surface area contributed by atoms with Crippen molar-refractivity contribution in [2.45, 2.75) is 6.42 Å². The number of fused-ring (bicyclic) bond motifs is 1. The Kier molecular flexibility index (Phi) is 4.16. The predicted octanol–water partition coefficient (Wildman–Crippen LogP) is 0.768. The number of hydrogen-bond acceptors (Lipinski definition) is 6. The first-order valence-electron chi connectivity index (χ1n) is 5.66. The lowest BCUT2D eigenvalue weighted by Gasteiger charge is -2.08. The Balaban J connectivity index is 1.92. The molecule has 7 heteroatoms. The van der Waals surface area contributed by atoms with Crippen LogP contribution in [0, 0.1) is 0 Å². The Morgan fingerprint density at radius 1 is 1.50 bits per heavy atom. The van der Waals surface area contributed by atoms with Crippen molar-refractivity contribution in [2.24, 2.45) is 0 Å². The van der Waals surface area contributed by atoms with Crippen LogP contribution in [-0.4, -0.2) is 52.9 Å². The van der Waals surface area contributed by atoms with Crippen molar-refractivity contribution in [2.75, 3.05) is 27.2 Å². The van der Waals surface area contributed by atoms with E-state index in [9.17, 15) is 4.79 Å². The number of nitrogens with zero attached hydrogens (tertiary/aromatic N) is 4. The molecule has 0 aromatic carbocycles. The summed E-state index contributed by atoms with van der Waals surface area (Å²) in [7, 11) is 4.02. The van der Waals surface area contributed by atoms with Gasteiger partial charge < -0.3 is 10.2 Å². The number of amides is 1. The summed E-state index contributed by atoms with van der Waals surface area (Å²) < 4.78 is 0. The summed E-state index contributed by atoms with van der Waals surface area (Å²) in [4.78, 5) is 26.8. The first-order valence-corrected chi connectivity index (χ1v) is 6.48. The summed E-state index contributed by atoms with van der Waals surface area (Å²) in [5.74, 6) is -0.142. The van der Waals surface area contributed by atoms with Crippen molar-refractivity contribution in [1.82, 2.24) is 25.2 Å². The van der Waals surface area contributed by atoms with E-state index in [1.807, 2.05) is 14.1 Å². The van der Waals surface area contributed by atoms with Gasteiger partial charge in [-0.3, -0.25) is 4.79 Å². The van der Waals surface area contributed by atoms with Crippen LogP contribution >= 0.6 is 11.3 Å². The van der Waals surface area contributed by atoms with Crippen LogP contribution in [0.15, 0.2) is 12.5 Å². The molecule has 1 N–H and O–H groups in total. The van der Waals surface area contributed by atoms with Gasteiger partial charge in [0.05, 0.1) is 6.20 Å². The van der Waals surface area contributed by atoms with Crippen molar-refractivity contribution in [3.05, 3.63) is 17.5 Å². The van der Waals surface area contributed by atoms with Crippen LogP contribution in [0.25, 0.3) is 10.3 Å². The van der Waals surface area contributed by atoms with Crippen LogP contribution in [0.3, 0.4) is 0 Å². The van der Waals surface area contributed by atoms with Gasteiger partial charge in [-0.05, 0) is 27.1 Å². The van der Waals surface area contributed by atoms with E-state index in [1.165, 1.54) is 17.7 Å². The Morgan fingerprint density at radius 3 is 3.06 bits per heavy atom. The molecule has 0 aliphatic rings. The minimum Gasteiger partial charge on any atom is -0.350 e. The highest BCUT2D eigenvalue weighted by molar-refractivity contribution is 7.19. The molecule has 0 aliphatic heterocycles. The van der Waals surface area contributed by atoms with Crippen LogP contribution < -0.4 is 5.32 Å². The summed E-state index contributed by atoms with van der Waals surface area (Å²) in [6.45, 7) is 1.60. The van der Waals surface area contributed by atoms with Gasteiger partial charge in [0.15, 0.2) is 5.01 Å². The summed E-state index contributed by atoms with van der Waals surface area (Å²) in [6.07, 6.45) is 3.99. The molecule has 96 valence electrons. The fourth-order valence-electron chi connectivity index (χ4n) is 1.46. The molecule has 0 bridgehead atoms. The summed E-state index contributed by atoms with van der Waals surface area (Å²) in [6, 6.07) is 0. The largest absolute Gasteiger partial charge is 0.350 e. The van der Waals surface area contributed by atoms with Gasteiger partial charge in [-0.1, -0.05) is 11.3 Å². The van der Waals surface area contributed by atoms with Crippen LogP contribution in [0.4, 0.5) is 0 Å². The minimum atomic E-state index is -0.142. The lowest BCUT2D eigenvalue weighted by Crippen LogP contribution is -2.26. The lowest BCUT2D eigenvalue weighted by molar-refractivity contribution is 0.0952. The van der Waals surface area contributed by atoms with E-state index in [4.69, 9.17) is 0 Å². The highest BCUT2D eigenvalue weighted by Crippen LogP contribution is 2.17. The van der Waals surface area contributed by atoms with E-state index in [0.717, 1.165) is 17.8 Å². The average Bonchev–Trinajstić information content (AvgIpc) is 2.78. The molecule has 0 spiro atoms. The second kappa shape index (κ2) is 5.83. The average molecular weight is 265 g/mol. The monoisotopic (exact) mass is 265 g/mol. The second-order valence-electron chi connectivity index (χ2n) is 4.14. The third kappa shape index (κ3) is 3.21. The molecule has 2 aromatic heterocycles. The van der Waals surface area contributed by atoms with Gasteiger partial charge in [0.25, 0.3) is 5.91 Å². The molecular weight excluding hydrogens is 250 g/mol. The molecule has 0 unspecified atom stereocenters. The van der Waals surface area contributed by atoms with Gasteiger partial charge in [-0.2, -0.15) is 0 Å². The number of nitrogens with one attached hydrogen (secondary N) is 1. The quantitative estimate of drug-likeness (QED) is 0.808. The molecule has 2 rings (SSSR count). The number of carbonyl (C=O) groups excluding carboxylic acids is 1. The zero-order valence-corrected chi connectivity index (χ0v) is 11.2. The number of aromatic nitrogens is 3. The van der Waals surface area contributed by atoms with Gasteiger partial charge >= 0.3 is 0 Å². The van der Waals surface area contributed by atoms with Crippen LogP contribution in [-0.2, 0) is 0 Å². The Labute approximate surface area is 109 Å². The molecule has 0 atom stereocenters. The smallest absolute Gasteiger partial charge is 0.280 e. The van der Waals surface area contributed by atoms with E-state index in [2.05, 4.69) is 25.2 Å². The highest BCUT2D eigenvalue weighted by atomic mass is 32.1. The van der Waals surface area contributed by atoms with Gasteiger partial charge in [0.2, 0.25) is 0 Å². The van der Waals surface area contributed by atoms with Crippen LogP contribution in [0.2, 0.25) is 0 Å². The van der Waals surface area contributed by atoms with Gasteiger partial charge in [0, 0.05) is 6.54 Å². The van der Waals surface area contributed by atoms with Crippen molar-refractivity contribution in [3.8, 4) is 0 Å². The molecule has 0 aliphatic carbocycles. The Bertz CT molecular complexity index is 506. The van der Waals surface area contributed by atoms with Gasteiger partial charge in [-0.25, -0.2) is 15.0 Å². The van der Waals surface area contributed by atoms with E-state index < -0.39 is 0 Å². The number of thiazole rings is 1. The van der Waals surface area contributed by atoms with Crippen LogP contribution in [0.5, 0.6) is 0 Å². The standard InChI is InChI=1S/C11H15N5OS/c1-16(2)5-3-4-13-9(17)11-15-8-6-12-7-14-10(8)18-11/h6-7H,3-5H2,1-2H3,(H,13,17). The Morgan fingerprint density at radius 2 is 2.33 bits per heavy atom. The zero-order chi connectivity index (χ0) is 13.0. The lowest BCUT2D eigenvalue weighted by atomic mass is 10.4. The molecule has 2 aromatic rings. The molecule has 2 heterocycles. The molecule has 1 amide bonds. The third-order valence-corrected chi connectivity index (χ3v) is 3.31. The SMILES string of the molecule is CN(C)CCCNC(=O)c1nc2cncnc2s1. The fraction of sp³-hybridized carbons (Fsp3) is 0.455. The first-order chi connectivity index (χ1) is 8.66. The summed E-state index contributed by atoms with van der Waals surface area (Å²) in [5.41, 5.74) is 0.668. The zero-order valence-electron chi connectivity index (χ0n) is 10.4. The fourth-order valence-corrected chi connectivity index (χ4v) is 2.25. The van der Waals surface area contributed by atoms with Crippen molar-refractivity contribution in [1.29, 1.82) is 0 Å². The van der Waals surface area contributed by atoms with E-state index in [0.29, 0.717) is 17.1 Å². The molecular formula is C11H15N5OS. The van der Waals surface area contributed by atoms with Gasteiger partial charge in [0.1, 0.15) is 16.7 Å². The van der Waals surface area contributed by atoms with Crippen molar-refractivity contribution in [3.63, 3.8) is 0 Å². The summed E-state index contributed by atoms with van der Waals surface area (Å²) in [5, 5.41) is 3.29. The maximum atomic E-state index is 11.8. The molecule has 6 nitrogen and oxygen atoms in total.